The first kappa shape index (κ1) is 10.5. The van der Waals surface area contributed by atoms with E-state index in [1.807, 2.05) is 61.1 Å². The van der Waals surface area contributed by atoms with Crippen LogP contribution in [0, 0.1) is 6.92 Å². The van der Waals surface area contributed by atoms with E-state index >= 15 is 0 Å². The number of nitrogens with one attached hydrogen (secondary N) is 1. The fourth-order valence-corrected chi connectivity index (χ4v) is 1.67. The second-order valence-electron chi connectivity index (χ2n) is 3.83. The van der Waals surface area contributed by atoms with Crippen molar-refractivity contribution in [3.63, 3.8) is 0 Å². The molecule has 1 N–H and O–H groups in total. The molecule has 0 bridgehead atoms. The molecule has 16 heavy (non-hydrogen) atoms. The van der Waals surface area contributed by atoms with E-state index in [1.165, 1.54) is 0 Å². The maximum absolute atomic E-state index is 11.9. The SMILES string of the molecule is Cc1cc(C(=O)Nc2ccccc2)n(C)c1. The molecule has 3 nitrogen and oxygen atoms in total. The van der Waals surface area contributed by atoms with Crippen LogP contribution in [0.5, 0.6) is 0 Å². The Bertz CT molecular complexity index is 500. The summed E-state index contributed by atoms with van der Waals surface area (Å²) < 4.78 is 1.83. The highest BCUT2D eigenvalue weighted by Gasteiger charge is 2.10. The average molecular weight is 214 g/mol. The highest BCUT2D eigenvalue weighted by atomic mass is 16.1. The van der Waals surface area contributed by atoms with E-state index in [0.717, 1.165) is 11.3 Å². The molecule has 3 heteroatoms. The lowest BCUT2D eigenvalue weighted by Crippen LogP contribution is -2.15. The number of benzene rings is 1. The number of hydrogen-bond acceptors (Lipinski definition) is 1. The molecule has 82 valence electrons. The third-order valence-corrected chi connectivity index (χ3v) is 2.41. The van der Waals surface area contributed by atoms with Crippen molar-refractivity contribution in [2.24, 2.45) is 7.05 Å². The Morgan fingerprint density at radius 2 is 1.94 bits per heavy atom. The largest absolute Gasteiger partial charge is 0.346 e. The van der Waals surface area contributed by atoms with E-state index in [1.54, 1.807) is 0 Å². The predicted octanol–water partition coefficient (Wildman–Crippen LogP) is 2.59. The van der Waals surface area contributed by atoms with Crippen molar-refractivity contribution in [3.8, 4) is 0 Å². The zero-order chi connectivity index (χ0) is 11.5. The molecule has 0 unspecified atom stereocenters. The summed E-state index contributed by atoms with van der Waals surface area (Å²) in [7, 11) is 1.87. The Morgan fingerprint density at radius 1 is 1.25 bits per heavy atom. The van der Waals surface area contributed by atoms with Crippen LogP contribution < -0.4 is 5.32 Å². The lowest BCUT2D eigenvalue weighted by atomic mass is 10.3. The summed E-state index contributed by atoms with van der Waals surface area (Å²) in [6.45, 7) is 1.97. The Hall–Kier alpha value is -2.03. The van der Waals surface area contributed by atoms with Crippen molar-refractivity contribution in [1.29, 1.82) is 0 Å². The van der Waals surface area contributed by atoms with E-state index < -0.39 is 0 Å². The van der Waals surface area contributed by atoms with E-state index in [2.05, 4.69) is 5.32 Å². The zero-order valence-electron chi connectivity index (χ0n) is 9.40. The predicted molar refractivity (Wildman–Crippen MR) is 64.5 cm³/mol. The summed E-state index contributed by atoms with van der Waals surface area (Å²) in [5, 5.41) is 2.85. The topological polar surface area (TPSA) is 34.0 Å². The van der Waals surface area contributed by atoms with Crippen LogP contribution in [0.4, 0.5) is 5.69 Å². The molecule has 2 aromatic rings. The van der Waals surface area contributed by atoms with Gasteiger partial charge in [-0.05, 0) is 30.7 Å². The number of aryl methyl sites for hydroxylation is 2. The Kier molecular flexibility index (Phi) is 2.77. The molecule has 0 fully saturated rings. The van der Waals surface area contributed by atoms with Crippen LogP contribution in [0.15, 0.2) is 42.6 Å². The van der Waals surface area contributed by atoms with Crippen LogP contribution in [0.3, 0.4) is 0 Å². The first-order valence-corrected chi connectivity index (χ1v) is 5.16. The molecule has 0 aliphatic carbocycles. The van der Waals surface area contributed by atoms with Gasteiger partial charge in [-0.15, -0.1) is 0 Å². The van der Waals surface area contributed by atoms with Crippen LogP contribution in [-0.2, 0) is 7.05 Å². The normalized spacial score (nSPS) is 10.1. The van der Waals surface area contributed by atoms with Gasteiger partial charge in [0.2, 0.25) is 0 Å². The van der Waals surface area contributed by atoms with Gasteiger partial charge >= 0.3 is 0 Å². The first-order chi connectivity index (χ1) is 7.66. The molecular formula is C13H14N2O. The molecule has 1 heterocycles. The third-order valence-electron chi connectivity index (χ3n) is 2.41. The third kappa shape index (κ3) is 2.14. The minimum Gasteiger partial charge on any atom is -0.346 e. The van der Waals surface area contributed by atoms with Crippen molar-refractivity contribution < 1.29 is 4.79 Å². The van der Waals surface area contributed by atoms with Gasteiger partial charge in [-0.25, -0.2) is 0 Å². The molecule has 1 aromatic carbocycles. The number of carbonyl (C=O) groups excluding carboxylic acids is 1. The molecule has 0 radical (unpaired) electrons. The molecule has 0 atom stereocenters. The van der Waals surface area contributed by atoms with E-state index in [4.69, 9.17) is 0 Å². The van der Waals surface area contributed by atoms with Gasteiger partial charge in [0.25, 0.3) is 5.91 Å². The molecule has 1 amide bonds. The molecule has 0 aliphatic heterocycles. The number of nitrogens with zero attached hydrogens (tertiary/aromatic N) is 1. The molecule has 0 aliphatic rings. The van der Waals surface area contributed by atoms with Crippen molar-refractivity contribution in [2.75, 3.05) is 5.32 Å². The number of rotatable bonds is 2. The second-order valence-corrected chi connectivity index (χ2v) is 3.83. The smallest absolute Gasteiger partial charge is 0.272 e. The first-order valence-electron chi connectivity index (χ1n) is 5.16. The lowest BCUT2D eigenvalue weighted by Gasteiger charge is -2.05. The number of amides is 1. The maximum atomic E-state index is 11.9. The molecule has 0 saturated heterocycles. The lowest BCUT2D eigenvalue weighted by molar-refractivity contribution is 0.101. The molecular weight excluding hydrogens is 200 g/mol. The molecule has 0 saturated carbocycles. The van der Waals surface area contributed by atoms with Crippen LogP contribution in [0.25, 0.3) is 0 Å². The summed E-state index contributed by atoms with van der Waals surface area (Å²) in [5.41, 5.74) is 2.56. The quantitative estimate of drug-likeness (QED) is 0.819. The fourth-order valence-electron chi connectivity index (χ4n) is 1.67. The van der Waals surface area contributed by atoms with E-state index in [9.17, 15) is 4.79 Å². The highest BCUT2D eigenvalue weighted by Crippen LogP contribution is 2.10. The van der Waals surface area contributed by atoms with Gasteiger partial charge in [-0.1, -0.05) is 18.2 Å². The van der Waals surface area contributed by atoms with Gasteiger partial charge < -0.3 is 9.88 Å². The summed E-state index contributed by atoms with van der Waals surface area (Å²) in [6.07, 6.45) is 1.93. The minimum atomic E-state index is -0.0817. The standard InChI is InChI=1S/C13H14N2O/c1-10-8-12(15(2)9-10)13(16)14-11-6-4-3-5-7-11/h3-9H,1-2H3,(H,14,16). The fraction of sp³-hybridized carbons (Fsp3) is 0.154. The molecule has 2 rings (SSSR count). The second kappa shape index (κ2) is 4.23. The van der Waals surface area contributed by atoms with Gasteiger partial charge in [0.15, 0.2) is 0 Å². The van der Waals surface area contributed by atoms with Gasteiger partial charge in [0.05, 0.1) is 0 Å². The summed E-state index contributed by atoms with van der Waals surface area (Å²) in [4.78, 5) is 11.9. The summed E-state index contributed by atoms with van der Waals surface area (Å²) in [5.74, 6) is -0.0817. The van der Waals surface area contributed by atoms with Crippen LogP contribution in [0.1, 0.15) is 16.1 Å². The molecule has 1 aromatic heterocycles. The summed E-state index contributed by atoms with van der Waals surface area (Å²) in [6, 6.07) is 11.3. The highest BCUT2D eigenvalue weighted by molar-refractivity contribution is 6.03. The van der Waals surface area contributed by atoms with Crippen molar-refractivity contribution >= 4 is 11.6 Å². The van der Waals surface area contributed by atoms with Crippen molar-refractivity contribution in [2.45, 2.75) is 6.92 Å². The monoisotopic (exact) mass is 214 g/mol. The van der Waals surface area contributed by atoms with E-state index in [-0.39, 0.29) is 5.91 Å². The number of aromatic nitrogens is 1. The van der Waals surface area contributed by atoms with Gasteiger partial charge in [0, 0.05) is 18.9 Å². The number of hydrogen-bond donors (Lipinski definition) is 1. The van der Waals surface area contributed by atoms with Crippen LogP contribution >= 0.6 is 0 Å². The van der Waals surface area contributed by atoms with Gasteiger partial charge in [0.1, 0.15) is 5.69 Å². The van der Waals surface area contributed by atoms with E-state index in [0.29, 0.717) is 5.69 Å². The van der Waals surface area contributed by atoms with Gasteiger partial charge in [-0.2, -0.15) is 0 Å². The zero-order valence-corrected chi connectivity index (χ0v) is 9.40. The van der Waals surface area contributed by atoms with Crippen molar-refractivity contribution in [1.82, 2.24) is 4.57 Å². The van der Waals surface area contributed by atoms with Crippen LogP contribution in [-0.4, -0.2) is 10.5 Å². The van der Waals surface area contributed by atoms with Gasteiger partial charge in [-0.3, -0.25) is 4.79 Å². The number of anilines is 1. The number of para-hydroxylation sites is 1. The van der Waals surface area contributed by atoms with Crippen molar-refractivity contribution in [3.05, 3.63) is 53.9 Å². The Labute approximate surface area is 94.7 Å². The Morgan fingerprint density at radius 3 is 2.50 bits per heavy atom. The Balaban J connectivity index is 2.18. The minimum absolute atomic E-state index is 0.0817. The average Bonchev–Trinajstić information content (AvgIpc) is 2.59. The maximum Gasteiger partial charge on any atom is 0.272 e. The molecule has 0 spiro atoms. The summed E-state index contributed by atoms with van der Waals surface area (Å²) >= 11 is 0. The van der Waals surface area contributed by atoms with Crippen LogP contribution in [0.2, 0.25) is 0 Å². The number of carbonyl (C=O) groups is 1.